The molecular formula is C38H33N3O7S. The average molecular weight is 676 g/mol. The first-order valence-electron chi connectivity index (χ1n) is 15.5. The van der Waals surface area contributed by atoms with E-state index in [9.17, 15) is 14.4 Å². The number of hydrogen-bond donors (Lipinski definition) is 3. The van der Waals surface area contributed by atoms with Crippen molar-refractivity contribution in [3.63, 3.8) is 0 Å². The predicted octanol–water partition coefficient (Wildman–Crippen LogP) is 7.26. The Balaban J connectivity index is 1.13. The number of carbonyl (C=O) groups excluding carboxylic acids is 3. The lowest BCUT2D eigenvalue weighted by Gasteiger charge is -2.19. The summed E-state index contributed by atoms with van der Waals surface area (Å²) >= 11 is 1.37. The number of furan rings is 1. The fraction of sp³-hybridized carbons (Fsp3) is 0.132. The number of rotatable bonds is 11. The molecule has 10 nitrogen and oxygen atoms in total. The first kappa shape index (κ1) is 33.0. The Bertz CT molecular complexity index is 1990. The van der Waals surface area contributed by atoms with Crippen molar-refractivity contribution in [2.24, 2.45) is 0 Å². The van der Waals surface area contributed by atoms with E-state index in [0.29, 0.717) is 58.9 Å². The molecule has 0 bridgehead atoms. The van der Waals surface area contributed by atoms with Crippen molar-refractivity contribution >= 4 is 46.9 Å². The maximum absolute atomic E-state index is 13.5. The molecule has 0 spiro atoms. The third-order valence-electron chi connectivity index (χ3n) is 7.42. The van der Waals surface area contributed by atoms with Crippen LogP contribution >= 0.6 is 11.8 Å². The van der Waals surface area contributed by atoms with Gasteiger partial charge in [0, 0.05) is 34.0 Å². The van der Waals surface area contributed by atoms with Crippen LogP contribution in [0.3, 0.4) is 0 Å². The van der Waals surface area contributed by atoms with E-state index in [-0.39, 0.29) is 11.6 Å². The molecule has 6 rings (SSSR count). The van der Waals surface area contributed by atoms with Gasteiger partial charge in [-0.1, -0.05) is 30.3 Å². The van der Waals surface area contributed by atoms with Gasteiger partial charge in [0.2, 0.25) is 5.91 Å². The van der Waals surface area contributed by atoms with Crippen molar-refractivity contribution in [1.29, 1.82) is 0 Å². The molecule has 1 atom stereocenters. The second-order valence-corrected chi connectivity index (χ2v) is 12.3. The maximum atomic E-state index is 13.5. The van der Waals surface area contributed by atoms with Gasteiger partial charge in [0.25, 0.3) is 11.8 Å². The number of fused-ring (bicyclic) bond motifs is 1. The van der Waals surface area contributed by atoms with Crippen LogP contribution in [-0.2, 0) is 9.59 Å². The van der Waals surface area contributed by atoms with E-state index in [1.165, 1.54) is 17.8 Å². The molecule has 248 valence electrons. The quantitative estimate of drug-likeness (QED) is 0.0987. The Labute approximate surface area is 287 Å². The van der Waals surface area contributed by atoms with Gasteiger partial charge in [0.1, 0.15) is 36.2 Å². The summed E-state index contributed by atoms with van der Waals surface area (Å²) in [6, 6.07) is 31.9. The lowest BCUT2D eigenvalue weighted by Crippen LogP contribution is -2.30. The maximum Gasteiger partial charge on any atom is 0.272 e. The SMILES string of the molecule is COc1ccccc1-c1ccc(/C=C(\NC(=O)c2ccccc2)C(=O)Nc2ccc(S[C@@H](C)C(=O)Nc3ccc4c(c3)OCCO4)cc2)o1. The number of carbonyl (C=O) groups is 3. The minimum absolute atomic E-state index is 0.0161. The van der Waals surface area contributed by atoms with Crippen LogP contribution in [0.5, 0.6) is 17.2 Å². The van der Waals surface area contributed by atoms with Gasteiger partial charge >= 0.3 is 0 Å². The number of methoxy groups -OCH3 is 1. The van der Waals surface area contributed by atoms with E-state index in [0.717, 1.165) is 10.5 Å². The van der Waals surface area contributed by atoms with Crippen LogP contribution in [0.4, 0.5) is 11.4 Å². The second-order valence-electron chi connectivity index (χ2n) is 10.9. The van der Waals surface area contributed by atoms with Crippen molar-refractivity contribution in [2.75, 3.05) is 31.0 Å². The summed E-state index contributed by atoms with van der Waals surface area (Å²) in [5.74, 6) is 1.62. The largest absolute Gasteiger partial charge is 0.496 e. The molecule has 11 heteroatoms. The van der Waals surface area contributed by atoms with E-state index in [4.69, 9.17) is 18.6 Å². The number of nitrogens with one attached hydrogen (secondary N) is 3. The highest BCUT2D eigenvalue weighted by Crippen LogP contribution is 2.34. The monoisotopic (exact) mass is 675 g/mol. The van der Waals surface area contributed by atoms with Crippen molar-refractivity contribution in [3.05, 3.63) is 126 Å². The zero-order valence-electron chi connectivity index (χ0n) is 26.7. The number of benzene rings is 4. The van der Waals surface area contributed by atoms with Crippen LogP contribution < -0.4 is 30.2 Å². The molecule has 0 saturated carbocycles. The Morgan fingerprint density at radius 3 is 2.29 bits per heavy atom. The van der Waals surface area contributed by atoms with Gasteiger partial charge in [-0.25, -0.2) is 0 Å². The lowest BCUT2D eigenvalue weighted by molar-refractivity contribution is -0.115. The first-order chi connectivity index (χ1) is 23.9. The Morgan fingerprint density at radius 2 is 1.51 bits per heavy atom. The number of anilines is 2. The van der Waals surface area contributed by atoms with E-state index in [1.807, 2.05) is 43.3 Å². The summed E-state index contributed by atoms with van der Waals surface area (Å²) in [5.41, 5.74) is 2.24. The molecule has 1 aromatic heterocycles. The Morgan fingerprint density at radius 1 is 0.796 bits per heavy atom. The Kier molecular flexibility index (Phi) is 10.3. The molecule has 0 saturated heterocycles. The molecule has 0 aliphatic carbocycles. The fourth-order valence-corrected chi connectivity index (χ4v) is 5.81. The number of para-hydroxylation sites is 1. The van der Waals surface area contributed by atoms with Gasteiger partial charge in [-0.05, 0) is 79.7 Å². The highest BCUT2D eigenvalue weighted by atomic mass is 32.2. The molecule has 4 aromatic carbocycles. The van der Waals surface area contributed by atoms with Gasteiger partial charge < -0.3 is 34.6 Å². The van der Waals surface area contributed by atoms with Crippen molar-refractivity contribution in [2.45, 2.75) is 17.1 Å². The van der Waals surface area contributed by atoms with Gasteiger partial charge in [-0.2, -0.15) is 0 Å². The van der Waals surface area contributed by atoms with E-state index >= 15 is 0 Å². The lowest BCUT2D eigenvalue weighted by atomic mass is 10.1. The first-order valence-corrected chi connectivity index (χ1v) is 16.3. The zero-order chi connectivity index (χ0) is 34.2. The normalized spacial score (nSPS) is 12.8. The number of thioether (sulfide) groups is 1. The molecule has 1 aliphatic rings. The summed E-state index contributed by atoms with van der Waals surface area (Å²) in [6.45, 7) is 2.77. The predicted molar refractivity (Wildman–Crippen MR) is 189 cm³/mol. The molecular weight excluding hydrogens is 642 g/mol. The van der Waals surface area contributed by atoms with Crippen molar-refractivity contribution in [1.82, 2.24) is 5.32 Å². The van der Waals surface area contributed by atoms with Crippen LogP contribution in [0.15, 0.2) is 124 Å². The van der Waals surface area contributed by atoms with E-state index < -0.39 is 17.1 Å². The molecule has 49 heavy (non-hydrogen) atoms. The van der Waals surface area contributed by atoms with Crippen LogP contribution in [-0.4, -0.2) is 43.3 Å². The minimum Gasteiger partial charge on any atom is -0.496 e. The summed E-state index contributed by atoms with van der Waals surface area (Å²) in [4.78, 5) is 40.4. The van der Waals surface area contributed by atoms with Crippen LogP contribution in [0.2, 0.25) is 0 Å². The van der Waals surface area contributed by atoms with Crippen LogP contribution in [0, 0.1) is 0 Å². The highest BCUT2D eigenvalue weighted by molar-refractivity contribution is 8.00. The second kappa shape index (κ2) is 15.3. The molecule has 1 aliphatic heterocycles. The standard InChI is InChI=1S/C38H33N3O7S/c1-24(36(42)40-27-14-18-34-35(22-27)47-21-20-46-34)49-29-16-12-26(13-17-29)39-38(44)31(41-37(43)25-8-4-3-5-9-25)23-28-15-19-33(48-28)30-10-6-7-11-32(30)45-2/h3-19,22-24H,20-21H2,1-2H3,(H,39,44)(H,40,42)(H,41,43)/b31-23-/t24-/m0/s1. The highest BCUT2D eigenvalue weighted by Gasteiger charge is 2.19. The van der Waals surface area contributed by atoms with Gasteiger partial charge in [-0.15, -0.1) is 11.8 Å². The Hall–Kier alpha value is -5.94. The van der Waals surface area contributed by atoms with Gasteiger partial charge in [0.05, 0.1) is 17.9 Å². The van der Waals surface area contributed by atoms with Gasteiger partial charge in [-0.3, -0.25) is 14.4 Å². The summed E-state index contributed by atoms with van der Waals surface area (Å²) in [7, 11) is 1.58. The molecule has 3 N–H and O–H groups in total. The summed E-state index contributed by atoms with van der Waals surface area (Å²) in [6.07, 6.45) is 1.47. The minimum atomic E-state index is -0.549. The van der Waals surface area contributed by atoms with Crippen molar-refractivity contribution < 1.29 is 33.0 Å². The smallest absolute Gasteiger partial charge is 0.272 e. The molecule has 0 radical (unpaired) electrons. The van der Waals surface area contributed by atoms with E-state index in [1.54, 1.807) is 79.9 Å². The van der Waals surface area contributed by atoms with Crippen LogP contribution in [0.25, 0.3) is 17.4 Å². The topological polar surface area (TPSA) is 128 Å². The molecule has 0 unspecified atom stereocenters. The zero-order valence-corrected chi connectivity index (χ0v) is 27.5. The number of ether oxygens (including phenoxy) is 3. The third-order valence-corrected chi connectivity index (χ3v) is 8.53. The molecule has 5 aromatic rings. The number of hydrogen-bond acceptors (Lipinski definition) is 8. The average Bonchev–Trinajstić information content (AvgIpc) is 3.60. The molecule has 0 fully saturated rings. The van der Waals surface area contributed by atoms with E-state index in [2.05, 4.69) is 16.0 Å². The van der Waals surface area contributed by atoms with Crippen LogP contribution in [0.1, 0.15) is 23.0 Å². The third kappa shape index (κ3) is 8.32. The van der Waals surface area contributed by atoms with Gasteiger partial charge in [0.15, 0.2) is 11.5 Å². The molecule has 3 amide bonds. The fourth-order valence-electron chi connectivity index (χ4n) is 4.95. The van der Waals surface area contributed by atoms with Crippen molar-refractivity contribution in [3.8, 4) is 28.6 Å². The summed E-state index contributed by atoms with van der Waals surface area (Å²) < 4.78 is 22.6. The molecule has 2 heterocycles. The number of amides is 3. The summed E-state index contributed by atoms with van der Waals surface area (Å²) in [5, 5.41) is 8.07.